The van der Waals surface area contributed by atoms with Crippen LogP contribution in [0.25, 0.3) is 0 Å². The maximum atomic E-state index is 11.7. The lowest BCUT2D eigenvalue weighted by atomic mass is 10.1. The summed E-state index contributed by atoms with van der Waals surface area (Å²) in [6, 6.07) is -0.362. The molecule has 94 valence electrons. The highest BCUT2D eigenvalue weighted by atomic mass is 32.2. The van der Waals surface area contributed by atoms with E-state index in [1.807, 2.05) is 0 Å². The molecule has 16 heavy (non-hydrogen) atoms. The lowest BCUT2D eigenvalue weighted by Crippen LogP contribution is -2.31. The summed E-state index contributed by atoms with van der Waals surface area (Å²) in [4.78, 5) is 11.1. The summed E-state index contributed by atoms with van der Waals surface area (Å²) in [7, 11) is -1.85. The Balaban J connectivity index is 2.56. The van der Waals surface area contributed by atoms with Gasteiger partial charge in [0, 0.05) is 6.04 Å². The van der Waals surface area contributed by atoms with Crippen LogP contribution in [0.15, 0.2) is 0 Å². The first-order valence-electron chi connectivity index (χ1n) is 5.31. The first-order valence-corrected chi connectivity index (χ1v) is 7.14. The highest BCUT2D eigenvalue weighted by Crippen LogP contribution is 2.50. The monoisotopic (exact) mass is 249 g/mol. The summed E-state index contributed by atoms with van der Waals surface area (Å²) >= 11 is 0. The molecule has 1 aliphatic rings. The van der Waals surface area contributed by atoms with E-state index in [9.17, 15) is 13.2 Å². The second kappa shape index (κ2) is 4.71. The summed E-state index contributed by atoms with van der Waals surface area (Å²) in [5.41, 5.74) is 5.10. The molecule has 0 aromatic rings. The molecule has 0 radical (unpaired) electrons. The number of sulfone groups is 1. The highest BCUT2D eigenvalue weighted by molar-refractivity contribution is 7.91. The number of methoxy groups -OCH3 is 1. The molecule has 0 aromatic heterocycles. The van der Waals surface area contributed by atoms with Crippen molar-refractivity contribution < 1.29 is 17.9 Å². The van der Waals surface area contributed by atoms with Gasteiger partial charge in [-0.2, -0.15) is 0 Å². The Bertz CT molecular complexity index is 357. The maximum Gasteiger partial charge on any atom is 0.306 e. The van der Waals surface area contributed by atoms with Crippen molar-refractivity contribution in [1.82, 2.24) is 0 Å². The minimum absolute atomic E-state index is 0.0179. The van der Waals surface area contributed by atoms with Crippen molar-refractivity contribution in [2.75, 3.05) is 18.6 Å². The van der Waals surface area contributed by atoms with E-state index in [1.54, 1.807) is 6.92 Å². The molecule has 0 amide bonds. The van der Waals surface area contributed by atoms with Crippen LogP contribution in [0.2, 0.25) is 0 Å². The van der Waals surface area contributed by atoms with Crippen molar-refractivity contribution >= 4 is 15.8 Å². The van der Waals surface area contributed by atoms with Crippen LogP contribution in [-0.2, 0) is 19.4 Å². The molecule has 1 saturated carbocycles. The van der Waals surface area contributed by atoms with Gasteiger partial charge in [0.15, 0.2) is 9.84 Å². The topological polar surface area (TPSA) is 86.5 Å². The molecule has 5 nitrogen and oxygen atoms in total. The van der Waals surface area contributed by atoms with Crippen LogP contribution in [-0.4, -0.2) is 39.0 Å². The summed E-state index contributed by atoms with van der Waals surface area (Å²) < 4.78 is 28.0. The fourth-order valence-corrected chi connectivity index (χ4v) is 4.10. The van der Waals surface area contributed by atoms with Gasteiger partial charge in [-0.15, -0.1) is 0 Å². The van der Waals surface area contributed by atoms with Crippen molar-refractivity contribution in [1.29, 1.82) is 0 Å². The van der Waals surface area contributed by atoms with Crippen LogP contribution in [0.3, 0.4) is 0 Å². The summed E-state index contributed by atoms with van der Waals surface area (Å²) in [6.07, 6.45) is 1.75. The van der Waals surface area contributed by atoms with Gasteiger partial charge in [-0.3, -0.25) is 4.79 Å². The zero-order valence-electron chi connectivity index (χ0n) is 9.73. The number of carbonyl (C=O) groups is 1. The van der Waals surface area contributed by atoms with Crippen LogP contribution in [0.1, 0.15) is 26.2 Å². The van der Waals surface area contributed by atoms with Crippen LogP contribution >= 0.6 is 0 Å². The molecule has 0 saturated heterocycles. The lowest BCUT2D eigenvalue weighted by Gasteiger charge is -2.14. The summed E-state index contributed by atoms with van der Waals surface area (Å²) in [5, 5.41) is 0. The first-order chi connectivity index (χ1) is 7.29. The van der Waals surface area contributed by atoms with E-state index in [0.29, 0.717) is 0 Å². The molecule has 1 unspecified atom stereocenters. The van der Waals surface area contributed by atoms with Gasteiger partial charge in [-0.25, -0.2) is 8.42 Å². The number of nitrogens with two attached hydrogens (primary N) is 1. The molecule has 0 aliphatic heterocycles. The van der Waals surface area contributed by atoms with E-state index < -0.39 is 9.84 Å². The largest absolute Gasteiger partial charge is 0.469 e. The SMILES string of the molecule is COC(=O)CC1(CS(=O)(=O)CC(C)N)CC1. The Morgan fingerprint density at radius 3 is 2.44 bits per heavy atom. The van der Waals surface area contributed by atoms with Gasteiger partial charge in [-0.1, -0.05) is 0 Å². The second-order valence-electron chi connectivity index (χ2n) is 4.78. The van der Waals surface area contributed by atoms with E-state index in [4.69, 9.17) is 5.73 Å². The second-order valence-corrected chi connectivity index (χ2v) is 6.89. The maximum absolute atomic E-state index is 11.7. The predicted molar refractivity (Wildman–Crippen MR) is 60.6 cm³/mol. The van der Waals surface area contributed by atoms with Gasteiger partial charge in [0.25, 0.3) is 0 Å². The van der Waals surface area contributed by atoms with Crippen molar-refractivity contribution in [2.45, 2.75) is 32.2 Å². The van der Waals surface area contributed by atoms with Crippen LogP contribution in [0.5, 0.6) is 0 Å². The van der Waals surface area contributed by atoms with E-state index in [2.05, 4.69) is 4.74 Å². The van der Waals surface area contributed by atoms with E-state index in [0.717, 1.165) is 12.8 Å². The summed E-state index contributed by atoms with van der Waals surface area (Å²) in [6.45, 7) is 1.66. The van der Waals surface area contributed by atoms with Crippen LogP contribution in [0.4, 0.5) is 0 Å². The average molecular weight is 249 g/mol. The van der Waals surface area contributed by atoms with E-state index >= 15 is 0 Å². The first kappa shape index (κ1) is 13.4. The Kier molecular flexibility index (Phi) is 3.96. The number of ether oxygens (including phenoxy) is 1. The summed E-state index contributed by atoms with van der Waals surface area (Å²) in [5.74, 6) is -0.305. The Morgan fingerprint density at radius 2 is 2.06 bits per heavy atom. The Labute approximate surface area is 96.3 Å². The number of hydrogen-bond acceptors (Lipinski definition) is 5. The average Bonchev–Trinajstić information content (AvgIpc) is 2.80. The van der Waals surface area contributed by atoms with Gasteiger partial charge in [0.2, 0.25) is 0 Å². The zero-order chi connectivity index (χ0) is 12.4. The number of esters is 1. The number of carbonyl (C=O) groups excluding carboxylic acids is 1. The van der Waals surface area contributed by atoms with E-state index in [1.165, 1.54) is 7.11 Å². The van der Waals surface area contributed by atoms with Crippen molar-refractivity contribution in [3.63, 3.8) is 0 Å². The van der Waals surface area contributed by atoms with Crippen LogP contribution in [0, 0.1) is 5.41 Å². The third-order valence-corrected chi connectivity index (χ3v) is 4.83. The normalized spacial score (nSPS) is 20.2. The quantitative estimate of drug-likeness (QED) is 0.674. The smallest absolute Gasteiger partial charge is 0.306 e. The Morgan fingerprint density at radius 1 is 1.50 bits per heavy atom. The molecule has 1 fully saturated rings. The minimum Gasteiger partial charge on any atom is -0.469 e. The van der Waals surface area contributed by atoms with Crippen molar-refractivity contribution in [3.8, 4) is 0 Å². The van der Waals surface area contributed by atoms with Gasteiger partial charge < -0.3 is 10.5 Å². The van der Waals surface area contributed by atoms with E-state index in [-0.39, 0.29) is 35.4 Å². The standard InChI is InChI=1S/C10H19NO4S/c1-8(11)6-16(13,14)7-10(3-4-10)5-9(12)15-2/h8H,3-7,11H2,1-2H3. The molecule has 6 heteroatoms. The van der Waals surface area contributed by atoms with Crippen LogP contribution < -0.4 is 5.73 Å². The number of hydrogen-bond donors (Lipinski definition) is 1. The third kappa shape index (κ3) is 4.09. The lowest BCUT2D eigenvalue weighted by molar-refractivity contribution is -0.141. The molecule has 2 N–H and O–H groups in total. The molecule has 0 bridgehead atoms. The predicted octanol–water partition coefficient (Wildman–Crippen LogP) is 0.0917. The Hall–Kier alpha value is -0.620. The molecule has 0 heterocycles. The molecule has 0 aromatic carbocycles. The van der Waals surface area contributed by atoms with Crippen molar-refractivity contribution in [3.05, 3.63) is 0 Å². The fraction of sp³-hybridized carbons (Fsp3) is 0.900. The molecule has 1 rings (SSSR count). The van der Waals surface area contributed by atoms with Gasteiger partial charge in [0.05, 0.1) is 25.0 Å². The van der Waals surface area contributed by atoms with Crippen molar-refractivity contribution in [2.24, 2.45) is 11.1 Å². The van der Waals surface area contributed by atoms with Gasteiger partial charge in [-0.05, 0) is 25.2 Å². The third-order valence-electron chi connectivity index (χ3n) is 2.75. The highest BCUT2D eigenvalue weighted by Gasteiger charge is 2.47. The van der Waals surface area contributed by atoms with Gasteiger partial charge >= 0.3 is 5.97 Å². The molecule has 1 atom stereocenters. The molecule has 0 spiro atoms. The van der Waals surface area contributed by atoms with Gasteiger partial charge in [0.1, 0.15) is 0 Å². The minimum atomic E-state index is -3.16. The molecule has 1 aliphatic carbocycles. The number of rotatable bonds is 6. The molecular weight excluding hydrogens is 230 g/mol. The fourth-order valence-electron chi connectivity index (χ4n) is 1.85. The zero-order valence-corrected chi connectivity index (χ0v) is 10.5. The molecular formula is C10H19NO4S.